The van der Waals surface area contributed by atoms with Crippen LogP contribution < -0.4 is 15.4 Å². The molecule has 2 heterocycles. The Bertz CT molecular complexity index is 872. The topological polar surface area (TPSA) is 118 Å². The van der Waals surface area contributed by atoms with Gasteiger partial charge in [0.15, 0.2) is 0 Å². The van der Waals surface area contributed by atoms with Crippen molar-refractivity contribution in [2.24, 2.45) is 11.1 Å². The Morgan fingerprint density at radius 3 is 2.59 bits per heavy atom. The van der Waals surface area contributed by atoms with Crippen molar-refractivity contribution in [3.8, 4) is 0 Å². The molecular weight excluding hydrogens is 366 g/mol. The lowest BCUT2D eigenvalue weighted by molar-refractivity contribution is -0.125. The van der Waals surface area contributed by atoms with Gasteiger partial charge in [-0.3, -0.25) is 4.79 Å². The van der Waals surface area contributed by atoms with Gasteiger partial charge in [0.1, 0.15) is 0 Å². The SMILES string of the molecule is NS(=O)(=O)c1ccc(CCNC(=O)[C@@H]2CCCN(c3ncccn3)C2)cc1. The van der Waals surface area contributed by atoms with Crippen molar-refractivity contribution in [2.45, 2.75) is 24.2 Å². The zero-order valence-electron chi connectivity index (χ0n) is 14.9. The summed E-state index contributed by atoms with van der Waals surface area (Å²) in [5.41, 5.74) is 0.936. The van der Waals surface area contributed by atoms with E-state index in [-0.39, 0.29) is 16.7 Å². The summed E-state index contributed by atoms with van der Waals surface area (Å²) in [5.74, 6) is 0.592. The lowest BCUT2D eigenvalue weighted by atomic mass is 9.97. The summed E-state index contributed by atoms with van der Waals surface area (Å²) in [4.78, 5) is 23.1. The van der Waals surface area contributed by atoms with Crippen LogP contribution in [0.25, 0.3) is 0 Å². The summed E-state index contributed by atoms with van der Waals surface area (Å²) in [7, 11) is -3.68. The standard InChI is InChI=1S/C18H23N5O3S/c19-27(25,26)16-6-4-14(5-7-16)8-11-20-17(24)15-3-1-12-23(13-15)18-21-9-2-10-22-18/h2,4-7,9-10,15H,1,3,8,11-13H2,(H,20,24)(H2,19,25,26)/t15-/m1/s1. The average Bonchev–Trinajstić information content (AvgIpc) is 2.68. The van der Waals surface area contributed by atoms with E-state index in [1.807, 2.05) is 4.90 Å². The second-order valence-corrected chi connectivity index (χ2v) is 8.13. The van der Waals surface area contributed by atoms with Gasteiger partial charge in [0.05, 0.1) is 10.8 Å². The maximum Gasteiger partial charge on any atom is 0.238 e. The Labute approximate surface area is 158 Å². The third-order valence-corrected chi connectivity index (χ3v) is 5.52. The van der Waals surface area contributed by atoms with Crippen LogP contribution in [0.5, 0.6) is 0 Å². The van der Waals surface area contributed by atoms with Gasteiger partial charge in [-0.2, -0.15) is 0 Å². The molecule has 27 heavy (non-hydrogen) atoms. The van der Waals surface area contributed by atoms with E-state index in [1.165, 1.54) is 12.1 Å². The third-order valence-electron chi connectivity index (χ3n) is 4.59. The largest absolute Gasteiger partial charge is 0.355 e. The number of anilines is 1. The van der Waals surface area contributed by atoms with Gasteiger partial charge in [-0.15, -0.1) is 0 Å². The molecule has 1 atom stereocenters. The number of aromatic nitrogens is 2. The van der Waals surface area contributed by atoms with Crippen LogP contribution in [0, 0.1) is 5.92 Å². The number of hydrogen-bond donors (Lipinski definition) is 2. The van der Waals surface area contributed by atoms with Crippen LogP contribution in [-0.2, 0) is 21.2 Å². The van der Waals surface area contributed by atoms with Gasteiger partial charge in [0.25, 0.3) is 0 Å². The highest BCUT2D eigenvalue weighted by Gasteiger charge is 2.26. The predicted octanol–water partition coefficient (Wildman–Crippen LogP) is 0.699. The Morgan fingerprint density at radius 1 is 1.22 bits per heavy atom. The number of amides is 1. The van der Waals surface area contributed by atoms with E-state index in [1.54, 1.807) is 30.6 Å². The number of primary sulfonamides is 1. The molecule has 0 saturated carbocycles. The highest BCUT2D eigenvalue weighted by molar-refractivity contribution is 7.89. The summed E-state index contributed by atoms with van der Waals surface area (Å²) in [6, 6.07) is 8.14. The lowest BCUT2D eigenvalue weighted by Crippen LogP contribution is -2.44. The Hall–Kier alpha value is -2.52. The molecule has 1 saturated heterocycles. The zero-order valence-corrected chi connectivity index (χ0v) is 15.7. The second-order valence-electron chi connectivity index (χ2n) is 6.56. The Morgan fingerprint density at radius 2 is 1.93 bits per heavy atom. The fraction of sp³-hybridized carbons (Fsp3) is 0.389. The molecule has 9 heteroatoms. The molecule has 1 fully saturated rings. The predicted molar refractivity (Wildman–Crippen MR) is 101 cm³/mol. The molecule has 1 aliphatic heterocycles. The van der Waals surface area contributed by atoms with Crippen molar-refractivity contribution in [3.63, 3.8) is 0 Å². The van der Waals surface area contributed by atoms with Gasteiger partial charge in [0.2, 0.25) is 21.9 Å². The minimum Gasteiger partial charge on any atom is -0.355 e. The molecular formula is C18H23N5O3S. The molecule has 0 aliphatic carbocycles. The molecule has 1 aromatic carbocycles. The highest BCUT2D eigenvalue weighted by Crippen LogP contribution is 2.20. The van der Waals surface area contributed by atoms with Crippen LogP contribution in [-0.4, -0.2) is 43.9 Å². The van der Waals surface area contributed by atoms with E-state index >= 15 is 0 Å². The Kier molecular flexibility index (Phi) is 6.02. The van der Waals surface area contributed by atoms with Gasteiger partial charge < -0.3 is 10.2 Å². The molecule has 8 nitrogen and oxygen atoms in total. The summed E-state index contributed by atoms with van der Waals surface area (Å²) >= 11 is 0. The van der Waals surface area contributed by atoms with Crippen LogP contribution >= 0.6 is 0 Å². The van der Waals surface area contributed by atoms with E-state index in [4.69, 9.17) is 5.14 Å². The quantitative estimate of drug-likeness (QED) is 0.751. The van der Waals surface area contributed by atoms with E-state index in [0.29, 0.717) is 25.5 Å². The molecule has 1 amide bonds. The fourth-order valence-electron chi connectivity index (χ4n) is 3.15. The lowest BCUT2D eigenvalue weighted by Gasteiger charge is -2.31. The second kappa shape index (κ2) is 8.45. The van der Waals surface area contributed by atoms with Crippen molar-refractivity contribution in [3.05, 3.63) is 48.3 Å². The summed E-state index contributed by atoms with van der Waals surface area (Å²) in [6.45, 7) is 1.95. The molecule has 2 aromatic rings. The molecule has 0 spiro atoms. The summed E-state index contributed by atoms with van der Waals surface area (Å²) in [5, 5.41) is 8.05. The molecule has 1 aromatic heterocycles. The number of benzene rings is 1. The number of carbonyl (C=O) groups is 1. The summed E-state index contributed by atoms with van der Waals surface area (Å²) < 4.78 is 22.5. The number of nitrogens with zero attached hydrogens (tertiary/aromatic N) is 3. The number of sulfonamides is 1. The van der Waals surface area contributed by atoms with Crippen LogP contribution in [0.4, 0.5) is 5.95 Å². The van der Waals surface area contributed by atoms with Gasteiger partial charge in [-0.05, 0) is 43.0 Å². The van der Waals surface area contributed by atoms with Crippen molar-refractivity contribution in [2.75, 3.05) is 24.5 Å². The van der Waals surface area contributed by atoms with Crippen LogP contribution in [0.3, 0.4) is 0 Å². The summed E-state index contributed by atoms with van der Waals surface area (Å²) in [6.07, 6.45) is 5.79. The van der Waals surface area contributed by atoms with Gasteiger partial charge in [-0.25, -0.2) is 23.5 Å². The molecule has 3 rings (SSSR count). The van der Waals surface area contributed by atoms with Crippen molar-refractivity contribution >= 4 is 21.9 Å². The molecule has 3 N–H and O–H groups in total. The first-order valence-electron chi connectivity index (χ1n) is 8.85. The first-order chi connectivity index (χ1) is 12.9. The Balaban J connectivity index is 1.49. The van der Waals surface area contributed by atoms with Crippen molar-refractivity contribution in [1.82, 2.24) is 15.3 Å². The number of carbonyl (C=O) groups excluding carboxylic acids is 1. The van der Waals surface area contributed by atoms with Crippen molar-refractivity contribution in [1.29, 1.82) is 0 Å². The van der Waals surface area contributed by atoms with Crippen molar-refractivity contribution < 1.29 is 13.2 Å². The monoisotopic (exact) mass is 389 g/mol. The molecule has 144 valence electrons. The van der Waals surface area contributed by atoms with Gasteiger partial charge in [-0.1, -0.05) is 12.1 Å². The first kappa shape index (κ1) is 19.2. The van der Waals surface area contributed by atoms with Crippen LogP contribution in [0.2, 0.25) is 0 Å². The molecule has 0 bridgehead atoms. The van der Waals surface area contributed by atoms with E-state index in [9.17, 15) is 13.2 Å². The average molecular weight is 389 g/mol. The minimum atomic E-state index is -3.68. The number of nitrogens with one attached hydrogen (secondary N) is 1. The van der Waals surface area contributed by atoms with E-state index in [2.05, 4.69) is 15.3 Å². The van der Waals surface area contributed by atoms with Gasteiger partial charge >= 0.3 is 0 Å². The number of hydrogen-bond acceptors (Lipinski definition) is 6. The fourth-order valence-corrected chi connectivity index (χ4v) is 3.66. The number of rotatable bonds is 6. The highest BCUT2D eigenvalue weighted by atomic mass is 32.2. The molecule has 1 aliphatic rings. The zero-order chi connectivity index (χ0) is 19.3. The minimum absolute atomic E-state index is 0.0248. The van der Waals surface area contributed by atoms with E-state index in [0.717, 1.165) is 24.9 Å². The number of piperidine rings is 1. The van der Waals surface area contributed by atoms with E-state index < -0.39 is 10.0 Å². The third kappa shape index (κ3) is 5.24. The normalized spacial score (nSPS) is 17.5. The maximum atomic E-state index is 12.5. The molecule has 0 unspecified atom stereocenters. The maximum absolute atomic E-state index is 12.5. The van der Waals surface area contributed by atoms with Gasteiger partial charge in [0, 0.05) is 32.0 Å². The van der Waals surface area contributed by atoms with Crippen LogP contribution in [0.1, 0.15) is 18.4 Å². The first-order valence-corrected chi connectivity index (χ1v) is 10.4. The van der Waals surface area contributed by atoms with Crippen LogP contribution in [0.15, 0.2) is 47.6 Å². The number of nitrogens with two attached hydrogens (primary N) is 1. The smallest absolute Gasteiger partial charge is 0.238 e. The molecule has 0 radical (unpaired) electrons.